The minimum Gasteiger partial charge on any atom is -0.390 e. The molecule has 4 aromatic heterocycles. The van der Waals surface area contributed by atoms with Gasteiger partial charge in [0.1, 0.15) is 0 Å². The molecule has 0 atom stereocenters. The molecular weight excluding hydrogens is 853 g/mol. The van der Waals surface area contributed by atoms with Crippen molar-refractivity contribution in [3.8, 4) is 0 Å². The van der Waals surface area contributed by atoms with E-state index in [1.54, 1.807) is 0 Å². The number of aromatic nitrogens is 7. The molecule has 4 aromatic rings. The van der Waals surface area contributed by atoms with Gasteiger partial charge in [0.25, 0.3) is 0 Å². The van der Waals surface area contributed by atoms with Crippen LogP contribution in [0.15, 0.2) is 43.1 Å². The minimum atomic E-state index is 0.0140. The first-order chi connectivity index (χ1) is 32.3. The first-order valence-electron chi connectivity index (χ1n) is 25.7. The highest BCUT2D eigenvalue weighted by Gasteiger charge is 2.47. The summed E-state index contributed by atoms with van der Waals surface area (Å²) >= 11 is 0. The number of piperidine rings is 2. The molecule has 3 fully saturated rings. The maximum atomic E-state index is 12.1. The van der Waals surface area contributed by atoms with Crippen LogP contribution >= 0.6 is 0 Å². The number of carbonyl (C=O) groups is 2. The number of likely N-dealkylation sites (tertiary alicyclic amines) is 2. The zero-order valence-electron chi connectivity index (χ0n) is 44.2. The van der Waals surface area contributed by atoms with Crippen molar-refractivity contribution in [3.05, 3.63) is 82.5 Å². The Morgan fingerprint density at radius 1 is 0.706 bits per heavy atom. The molecular formula is C53H88N12O3. The second-order valence-corrected chi connectivity index (χ2v) is 21.1. The predicted molar refractivity (Wildman–Crippen MR) is 272 cm³/mol. The molecule has 15 nitrogen and oxygen atoms in total. The highest BCUT2D eigenvalue weighted by Crippen LogP contribution is 2.41. The van der Waals surface area contributed by atoms with Crippen LogP contribution in [0, 0.1) is 11.3 Å². The monoisotopic (exact) mass is 941 g/mol. The maximum absolute atomic E-state index is 12.1. The van der Waals surface area contributed by atoms with Gasteiger partial charge in [-0.25, -0.2) is 0 Å². The predicted octanol–water partition coefficient (Wildman–Crippen LogP) is 7.11. The molecule has 2 amide bonds. The molecule has 0 radical (unpaired) electrons. The van der Waals surface area contributed by atoms with Crippen LogP contribution in [-0.4, -0.2) is 136 Å². The minimum absolute atomic E-state index is 0.0140. The first-order valence-corrected chi connectivity index (χ1v) is 25.7. The third-order valence-corrected chi connectivity index (χ3v) is 14.7. The van der Waals surface area contributed by atoms with Gasteiger partial charge in [-0.15, -0.1) is 0 Å². The SMILES string of the molecule is CC(C)C(=O)N1CCc2cnn(C)c2C1.CC(C)N1CCC2(CCN(C)C2=O)CC1.CC(C)N1CCc2cnn(C)c2C1.CC(C)c1ccc(CO)nc1.CC(C)c1cnn(C2CCNCC2)c1. The highest BCUT2D eigenvalue weighted by atomic mass is 16.3. The molecule has 5 aliphatic rings. The number of rotatable bonds is 7. The molecule has 0 saturated carbocycles. The molecule has 0 aliphatic carbocycles. The number of hydrogen-bond acceptors (Lipinski definition) is 10. The Morgan fingerprint density at radius 2 is 1.28 bits per heavy atom. The van der Waals surface area contributed by atoms with Crippen molar-refractivity contribution >= 4 is 11.8 Å². The molecule has 9 rings (SSSR count). The topological polar surface area (TPSA) is 146 Å². The molecule has 2 N–H and O–H groups in total. The normalized spacial score (nSPS) is 18.4. The number of aliphatic hydroxyl groups excluding tert-OH is 1. The van der Waals surface area contributed by atoms with Crippen LogP contribution < -0.4 is 5.32 Å². The number of carbonyl (C=O) groups excluding carboxylic acids is 2. The van der Waals surface area contributed by atoms with Gasteiger partial charge in [0, 0.05) is 77.7 Å². The van der Waals surface area contributed by atoms with Crippen molar-refractivity contribution in [2.75, 3.05) is 52.9 Å². The summed E-state index contributed by atoms with van der Waals surface area (Å²) in [5, 5.41) is 25.0. The van der Waals surface area contributed by atoms with Gasteiger partial charge in [-0.3, -0.25) is 33.5 Å². The van der Waals surface area contributed by atoms with Gasteiger partial charge in [-0.2, -0.15) is 15.3 Å². The average molecular weight is 941 g/mol. The number of aliphatic hydroxyl groups is 1. The standard InChI is InChI=1S/C12H22N2O.C11H17N3O.C11H19N3.C10H17N3.C9H13NO/c1-10(2)14-8-5-12(6-9-14)4-7-13(3)11(12)15;1-8(2)11(15)14-5-4-9-6-12-13(3)10(9)7-14;1-9(2)10-7-13-14(8-10)11-3-5-12-6-4-11;1-8(2)13-5-4-9-6-11-12(3)10(9)7-13;1-7(2)8-3-4-9(6-11)10-5-8/h10H,4-9H2,1-3H3;6,8H,4-5,7H2,1-3H3;7-9,11-12H,3-6H2,1-2H3;6,8H,4-5,7H2,1-3H3;3-5,7,11H,6H2,1-2H3. The molecule has 68 heavy (non-hydrogen) atoms. The average Bonchev–Trinajstić information content (AvgIpc) is 4.14. The Balaban J connectivity index is 0.000000159. The quantitative estimate of drug-likeness (QED) is 0.197. The largest absolute Gasteiger partial charge is 0.390 e. The Labute approximate surface area is 409 Å². The zero-order valence-corrected chi connectivity index (χ0v) is 44.2. The number of pyridine rings is 1. The van der Waals surface area contributed by atoms with Crippen LogP contribution in [0.3, 0.4) is 0 Å². The lowest BCUT2D eigenvalue weighted by atomic mass is 9.77. The fourth-order valence-corrected chi connectivity index (χ4v) is 9.61. The van der Waals surface area contributed by atoms with Gasteiger partial charge in [-0.1, -0.05) is 47.6 Å². The van der Waals surface area contributed by atoms with Crippen molar-refractivity contribution < 1.29 is 14.7 Å². The number of amides is 2. The van der Waals surface area contributed by atoms with E-state index in [1.807, 2.05) is 91.1 Å². The summed E-state index contributed by atoms with van der Waals surface area (Å²) in [6, 6.07) is 5.74. The fraction of sp³-hybridized carbons (Fsp3) is 0.698. The summed E-state index contributed by atoms with van der Waals surface area (Å²) in [4.78, 5) is 36.8. The van der Waals surface area contributed by atoms with E-state index in [0.29, 0.717) is 42.4 Å². The lowest BCUT2D eigenvalue weighted by molar-refractivity contribution is -0.137. The van der Waals surface area contributed by atoms with Crippen molar-refractivity contribution in [2.45, 2.75) is 164 Å². The van der Waals surface area contributed by atoms with E-state index in [1.165, 1.54) is 53.0 Å². The van der Waals surface area contributed by atoms with Gasteiger partial charge < -0.3 is 25.1 Å². The smallest absolute Gasteiger partial charge is 0.228 e. The number of fused-ring (bicyclic) bond motifs is 2. The Hall–Kier alpha value is -4.44. The van der Waals surface area contributed by atoms with Gasteiger partial charge in [0.2, 0.25) is 11.8 Å². The molecule has 3 saturated heterocycles. The van der Waals surface area contributed by atoms with E-state index < -0.39 is 0 Å². The fourth-order valence-electron chi connectivity index (χ4n) is 9.61. The van der Waals surface area contributed by atoms with Gasteiger partial charge in [0.15, 0.2) is 0 Å². The summed E-state index contributed by atoms with van der Waals surface area (Å²) in [7, 11) is 5.90. The molecule has 378 valence electrons. The van der Waals surface area contributed by atoms with E-state index in [0.717, 1.165) is 83.6 Å². The number of aryl methyl sites for hydroxylation is 2. The Bertz CT molecular complexity index is 2140. The lowest BCUT2D eigenvalue weighted by Gasteiger charge is -2.39. The summed E-state index contributed by atoms with van der Waals surface area (Å²) in [5.41, 5.74) is 8.58. The molecule has 0 unspecified atom stereocenters. The molecule has 0 aromatic carbocycles. The second kappa shape index (κ2) is 25.4. The van der Waals surface area contributed by atoms with Gasteiger partial charge in [0.05, 0.1) is 60.3 Å². The maximum Gasteiger partial charge on any atom is 0.228 e. The summed E-state index contributed by atoms with van der Waals surface area (Å²) in [6.07, 6.45) is 17.7. The van der Waals surface area contributed by atoms with Crippen LogP contribution in [0.4, 0.5) is 0 Å². The van der Waals surface area contributed by atoms with Crippen molar-refractivity contribution in [3.63, 3.8) is 0 Å². The molecule has 5 aliphatic heterocycles. The first kappa shape index (κ1) is 54.5. The highest BCUT2D eigenvalue weighted by molar-refractivity contribution is 5.84. The van der Waals surface area contributed by atoms with Crippen LogP contribution in [0.1, 0.15) is 159 Å². The lowest BCUT2D eigenvalue weighted by Crippen LogP contribution is -2.46. The van der Waals surface area contributed by atoms with E-state index in [-0.39, 0.29) is 23.8 Å². The molecule has 9 heterocycles. The van der Waals surface area contributed by atoms with E-state index in [2.05, 4.69) is 102 Å². The third kappa shape index (κ3) is 14.6. The zero-order chi connectivity index (χ0) is 49.7. The number of hydrogen-bond donors (Lipinski definition) is 2. The van der Waals surface area contributed by atoms with E-state index in [4.69, 9.17) is 5.11 Å². The summed E-state index contributed by atoms with van der Waals surface area (Å²) < 4.78 is 6.02. The van der Waals surface area contributed by atoms with Gasteiger partial charge >= 0.3 is 0 Å². The van der Waals surface area contributed by atoms with Crippen LogP contribution in [0.5, 0.6) is 0 Å². The van der Waals surface area contributed by atoms with Gasteiger partial charge in [-0.05, 0) is 139 Å². The van der Waals surface area contributed by atoms with Crippen molar-refractivity contribution in [1.82, 2.24) is 59.2 Å². The third-order valence-electron chi connectivity index (χ3n) is 14.7. The summed E-state index contributed by atoms with van der Waals surface area (Å²) in [6.45, 7) is 30.7. The van der Waals surface area contributed by atoms with Crippen LogP contribution in [-0.2, 0) is 56.2 Å². The van der Waals surface area contributed by atoms with E-state index >= 15 is 0 Å². The van der Waals surface area contributed by atoms with Crippen molar-refractivity contribution in [1.29, 1.82) is 0 Å². The Kier molecular flexibility index (Phi) is 20.4. The van der Waals surface area contributed by atoms with Crippen LogP contribution in [0.2, 0.25) is 0 Å². The molecule has 1 spiro atoms. The Morgan fingerprint density at radius 3 is 1.76 bits per heavy atom. The second-order valence-electron chi connectivity index (χ2n) is 21.1. The van der Waals surface area contributed by atoms with E-state index in [9.17, 15) is 9.59 Å². The number of nitrogens with zero attached hydrogens (tertiary/aromatic N) is 11. The summed E-state index contributed by atoms with van der Waals surface area (Å²) in [5.74, 6) is 1.81. The van der Waals surface area contributed by atoms with Crippen LogP contribution in [0.25, 0.3) is 0 Å². The van der Waals surface area contributed by atoms with Crippen molar-refractivity contribution in [2.24, 2.45) is 25.4 Å². The number of nitrogens with one attached hydrogen (secondary N) is 1. The molecule has 0 bridgehead atoms. The molecule has 15 heteroatoms.